The molecule has 0 spiro atoms. The Bertz CT molecular complexity index is 1280. The summed E-state index contributed by atoms with van der Waals surface area (Å²) in [6.45, 7) is 3.29. The molecule has 0 radical (unpaired) electrons. The lowest BCUT2D eigenvalue weighted by Crippen LogP contribution is -2.34. The predicted molar refractivity (Wildman–Crippen MR) is 128 cm³/mol. The molecular weight excluding hydrogens is 461 g/mol. The lowest BCUT2D eigenvalue weighted by molar-refractivity contribution is 0.355. The summed E-state index contributed by atoms with van der Waals surface area (Å²) < 4.78 is 65.0. The van der Waals surface area contributed by atoms with E-state index in [0.29, 0.717) is 39.8 Å². The minimum Gasteiger partial charge on any atom is -0.497 e. The minimum atomic E-state index is -4.23. The highest BCUT2D eigenvalue weighted by molar-refractivity contribution is 7.92. The van der Waals surface area contributed by atoms with Crippen molar-refractivity contribution in [1.82, 2.24) is 0 Å². The van der Waals surface area contributed by atoms with Gasteiger partial charge in [-0.05, 0) is 61.9 Å². The van der Waals surface area contributed by atoms with Gasteiger partial charge in [0.1, 0.15) is 17.3 Å². The fourth-order valence-corrected chi connectivity index (χ4v) is 5.31. The van der Waals surface area contributed by atoms with Crippen LogP contribution in [0.2, 0.25) is 0 Å². The van der Waals surface area contributed by atoms with E-state index in [1.807, 2.05) is 0 Å². The highest BCUT2D eigenvalue weighted by atomic mass is 32.2. The van der Waals surface area contributed by atoms with Crippen LogP contribution in [0.3, 0.4) is 0 Å². The molecule has 0 aliphatic heterocycles. The first-order valence-electron chi connectivity index (χ1n) is 10.4. The largest absolute Gasteiger partial charge is 0.497 e. The Hall–Kier alpha value is -3.46. The van der Waals surface area contributed by atoms with E-state index in [1.165, 1.54) is 44.9 Å². The number of rotatable bonds is 9. The van der Waals surface area contributed by atoms with Gasteiger partial charge in [-0.2, -0.15) is 0 Å². The fraction of sp³-hybridized carbons (Fsp3) is 0.280. The molecule has 182 valence electrons. The molecule has 3 aromatic carbocycles. The second-order valence-electron chi connectivity index (χ2n) is 7.53. The van der Waals surface area contributed by atoms with E-state index in [4.69, 9.17) is 18.9 Å². The summed E-state index contributed by atoms with van der Waals surface area (Å²) in [5.74, 6) is 1.19. The van der Waals surface area contributed by atoms with Crippen LogP contribution in [0.4, 0.5) is 10.1 Å². The van der Waals surface area contributed by atoms with Gasteiger partial charge in [0.2, 0.25) is 0 Å². The van der Waals surface area contributed by atoms with Crippen LogP contribution in [0.5, 0.6) is 23.0 Å². The molecule has 0 saturated heterocycles. The molecule has 0 aliphatic rings. The number of methoxy groups -OCH3 is 4. The molecule has 0 aliphatic carbocycles. The maximum Gasteiger partial charge on any atom is 0.264 e. The lowest BCUT2D eigenvalue weighted by Gasteiger charge is -2.32. The molecule has 3 aromatic rings. The Labute approximate surface area is 199 Å². The highest BCUT2D eigenvalue weighted by Gasteiger charge is 2.33. The first-order chi connectivity index (χ1) is 16.2. The summed E-state index contributed by atoms with van der Waals surface area (Å²) in [4.78, 5) is -0.181. The predicted octanol–water partition coefficient (Wildman–Crippen LogP) is 5.13. The Morgan fingerprint density at radius 3 is 2.03 bits per heavy atom. The van der Waals surface area contributed by atoms with Gasteiger partial charge in [0.25, 0.3) is 10.0 Å². The summed E-state index contributed by atoms with van der Waals surface area (Å²) in [5.41, 5.74) is 1.21. The first kappa shape index (κ1) is 25.2. The van der Waals surface area contributed by atoms with E-state index in [-0.39, 0.29) is 4.90 Å². The molecule has 0 heterocycles. The van der Waals surface area contributed by atoms with Crippen molar-refractivity contribution in [2.45, 2.75) is 24.8 Å². The molecule has 0 fully saturated rings. The zero-order valence-corrected chi connectivity index (χ0v) is 20.8. The van der Waals surface area contributed by atoms with Gasteiger partial charge in [-0.1, -0.05) is 6.07 Å². The van der Waals surface area contributed by atoms with Crippen molar-refractivity contribution in [2.24, 2.45) is 0 Å². The molecule has 0 saturated carbocycles. The van der Waals surface area contributed by atoms with E-state index >= 15 is 0 Å². The van der Waals surface area contributed by atoms with Crippen LogP contribution in [0.15, 0.2) is 59.5 Å². The summed E-state index contributed by atoms with van der Waals surface area (Å²) in [5, 5.41) is 0. The van der Waals surface area contributed by atoms with Crippen LogP contribution in [0.25, 0.3) is 0 Å². The quantitative estimate of drug-likeness (QED) is 0.415. The van der Waals surface area contributed by atoms with Gasteiger partial charge in [-0.3, -0.25) is 4.31 Å². The van der Waals surface area contributed by atoms with Crippen LogP contribution in [0, 0.1) is 12.7 Å². The van der Waals surface area contributed by atoms with E-state index in [0.717, 1.165) is 6.07 Å². The molecule has 1 unspecified atom stereocenters. The molecule has 9 heteroatoms. The SMILES string of the molecule is COc1ccc(OC)c(C(C)N(c2ccc(OC)c(OC)c2)S(=O)(=O)c2ccc(C)c(F)c2)c1. The molecule has 34 heavy (non-hydrogen) atoms. The molecule has 3 rings (SSSR count). The van der Waals surface area contributed by atoms with Gasteiger partial charge in [0, 0.05) is 11.6 Å². The number of aryl methyl sites for hydroxylation is 1. The van der Waals surface area contributed by atoms with Gasteiger partial charge < -0.3 is 18.9 Å². The normalized spacial score (nSPS) is 12.1. The summed E-state index contributed by atoms with van der Waals surface area (Å²) >= 11 is 0. The van der Waals surface area contributed by atoms with Crippen molar-refractivity contribution in [3.8, 4) is 23.0 Å². The third-order valence-corrected chi connectivity index (χ3v) is 7.46. The van der Waals surface area contributed by atoms with Crippen LogP contribution >= 0.6 is 0 Å². The highest BCUT2D eigenvalue weighted by Crippen LogP contribution is 2.41. The Balaban J connectivity index is 2.27. The van der Waals surface area contributed by atoms with Gasteiger partial charge in [0.15, 0.2) is 11.5 Å². The maximum atomic E-state index is 14.4. The van der Waals surface area contributed by atoms with Crippen molar-refractivity contribution in [3.63, 3.8) is 0 Å². The number of hydrogen-bond donors (Lipinski definition) is 0. The summed E-state index contributed by atoms with van der Waals surface area (Å²) in [7, 11) is 1.75. The third-order valence-electron chi connectivity index (χ3n) is 5.56. The third kappa shape index (κ3) is 4.75. The maximum absolute atomic E-state index is 14.4. The lowest BCUT2D eigenvalue weighted by atomic mass is 10.1. The van der Waals surface area contributed by atoms with Crippen molar-refractivity contribution < 1.29 is 31.8 Å². The van der Waals surface area contributed by atoms with Crippen molar-refractivity contribution >= 4 is 15.7 Å². The Morgan fingerprint density at radius 1 is 0.794 bits per heavy atom. The van der Waals surface area contributed by atoms with Crippen molar-refractivity contribution in [1.29, 1.82) is 0 Å². The molecular formula is C25H28FNO6S. The smallest absolute Gasteiger partial charge is 0.264 e. The number of anilines is 1. The Morgan fingerprint density at radius 2 is 1.44 bits per heavy atom. The number of hydrogen-bond acceptors (Lipinski definition) is 6. The summed E-state index contributed by atoms with van der Waals surface area (Å²) in [6, 6.07) is 13.0. The molecule has 0 amide bonds. The summed E-state index contributed by atoms with van der Waals surface area (Å²) in [6.07, 6.45) is 0. The number of halogens is 1. The van der Waals surface area contributed by atoms with E-state index in [9.17, 15) is 12.8 Å². The molecule has 1 atom stereocenters. The van der Waals surface area contributed by atoms with Crippen molar-refractivity contribution in [2.75, 3.05) is 32.7 Å². The zero-order chi connectivity index (χ0) is 25.0. The van der Waals surface area contributed by atoms with Crippen LogP contribution in [0.1, 0.15) is 24.1 Å². The van der Waals surface area contributed by atoms with Crippen LogP contribution in [-0.2, 0) is 10.0 Å². The van der Waals surface area contributed by atoms with Crippen molar-refractivity contribution in [3.05, 3.63) is 71.5 Å². The monoisotopic (exact) mass is 489 g/mol. The standard InChI is InChI=1S/C25H28FNO6S/c1-16-7-10-20(15-22(16)26)34(28,29)27(18-8-11-24(32-5)25(13-18)33-6)17(2)21-14-19(30-3)9-12-23(21)31-4/h7-15,17H,1-6H3. The first-order valence-corrected chi connectivity index (χ1v) is 11.9. The zero-order valence-electron chi connectivity index (χ0n) is 20.0. The number of sulfonamides is 1. The molecule has 0 aromatic heterocycles. The van der Waals surface area contributed by atoms with Crippen LogP contribution in [-0.4, -0.2) is 36.9 Å². The van der Waals surface area contributed by atoms with Gasteiger partial charge >= 0.3 is 0 Å². The minimum absolute atomic E-state index is 0.181. The van der Waals surface area contributed by atoms with E-state index < -0.39 is 21.9 Å². The van der Waals surface area contributed by atoms with E-state index in [2.05, 4.69) is 0 Å². The van der Waals surface area contributed by atoms with Crippen LogP contribution < -0.4 is 23.3 Å². The molecule has 0 bridgehead atoms. The topological polar surface area (TPSA) is 74.3 Å². The number of ether oxygens (including phenoxy) is 4. The average molecular weight is 490 g/mol. The molecule has 7 nitrogen and oxygen atoms in total. The second-order valence-corrected chi connectivity index (χ2v) is 9.35. The van der Waals surface area contributed by atoms with E-state index in [1.54, 1.807) is 50.2 Å². The molecule has 0 N–H and O–H groups in total. The van der Waals surface area contributed by atoms with Gasteiger partial charge in [-0.15, -0.1) is 0 Å². The fourth-order valence-electron chi connectivity index (χ4n) is 3.67. The van der Waals surface area contributed by atoms with Gasteiger partial charge in [0.05, 0.1) is 45.1 Å². The number of nitrogens with zero attached hydrogens (tertiary/aromatic N) is 1. The second kappa shape index (κ2) is 10.2. The Kier molecular flexibility index (Phi) is 7.56. The van der Waals surface area contributed by atoms with Gasteiger partial charge in [-0.25, -0.2) is 12.8 Å². The average Bonchev–Trinajstić information content (AvgIpc) is 2.84. The number of benzene rings is 3.